The Balaban J connectivity index is -0.0000000999. The van der Waals surface area contributed by atoms with E-state index in [1.165, 1.54) is 26.0 Å². The number of carbonyl (C=O) groups excluding carboxylic acids is 3. The van der Waals surface area contributed by atoms with Crippen LogP contribution in [0.1, 0.15) is 27.7 Å². The molecule has 0 unspecified atom stereocenters. The summed E-state index contributed by atoms with van der Waals surface area (Å²) in [5.74, 6) is 0.172. The maximum Gasteiger partial charge on any atom is 0.152 e. The van der Waals surface area contributed by atoms with Gasteiger partial charge in [-0.05, 0) is 39.8 Å². The zero-order valence-electron chi connectivity index (χ0n) is 11.9. The van der Waals surface area contributed by atoms with Crippen molar-refractivity contribution in [1.82, 2.24) is 0 Å². The van der Waals surface area contributed by atoms with Gasteiger partial charge in [-0.2, -0.15) is 0 Å². The van der Waals surface area contributed by atoms with Crippen LogP contribution in [0, 0.1) is 0 Å². The van der Waals surface area contributed by atoms with E-state index in [0.717, 1.165) is 0 Å². The summed E-state index contributed by atoms with van der Waals surface area (Å²) < 4.78 is 0. The van der Waals surface area contributed by atoms with Crippen molar-refractivity contribution in [3.63, 3.8) is 0 Å². The minimum Gasteiger partial charge on any atom is -0.307 e. The van der Waals surface area contributed by atoms with Gasteiger partial charge in [0.05, 0.1) is 0 Å². The Bertz CT molecular complexity index is 294. The summed E-state index contributed by atoms with van der Waals surface area (Å²) in [5.41, 5.74) is 0. The van der Waals surface area contributed by atoms with Crippen molar-refractivity contribution in [3.05, 3.63) is 48.6 Å². The Morgan fingerprint density at radius 1 is 0.737 bits per heavy atom. The first kappa shape index (κ1) is 26.2. The first-order valence-corrected chi connectivity index (χ1v) is 5.43. The van der Waals surface area contributed by atoms with E-state index in [4.69, 9.17) is 4.79 Å². The molecule has 0 amide bonds. The van der Waals surface area contributed by atoms with Crippen LogP contribution in [0.3, 0.4) is 0 Å². The van der Waals surface area contributed by atoms with Crippen molar-refractivity contribution in [2.75, 3.05) is 0 Å². The van der Waals surface area contributed by atoms with Gasteiger partial charge in [0.15, 0.2) is 11.6 Å². The molecular weight excluding hydrogens is 329 g/mol. The fourth-order valence-electron chi connectivity index (χ4n) is 0.604. The van der Waals surface area contributed by atoms with Crippen LogP contribution in [0.4, 0.5) is 0 Å². The predicted octanol–water partition coefficient (Wildman–Crippen LogP) is 3.23. The van der Waals surface area contributed by atoms with Gasteiger partial charge >= 0.3 is 0 Å². The Morgan fingerprint density at radius 2 is 1.00 bits per heavy atom. The van der Waals surface area contributed by atoms with Crippen LogP contribution in [0.2, 0.25) is 0 Å². The van der Waals surface area contributed by atoms with Crippen molar-refractivity contribution >= 4 is 18.4 Å². The van der Waals surface area contributed by atoms with Crippen LogP contribution >= 0.6 is 0 Å². The first-order chi connectivity index (χ1) is 8.54. The van der Waals surface area contributed by atoms with E-state index in [0.29, 0.717) is 0 Å². The summed E-state index contributed by atoms with van der Waals surface area (Å²) >= 11 is 0. The van der Waals surface area contributed by atoms with Gasteiger partial charge in [-0.15, -0.1) is 0 Å². The Labute approximate surface area is 128 Å². The normalized spacial score (nSPS) is 9.68. The Morgan fingerprint density at radius 3 is 1.16 bits per heavy atom. The minimum absolute atomic E-state index is 0. The predicted molar refractivity (Wildman–Crippen MR) is 76.4 cm³/mol. The largest absolute Gasteiger partial charge is 0.307 e. The van der Waals surface area contributed by atoms with Crippen molar-refractivity contribution in [1.29, 1.82) is 0 Å². The molecule has 0 aliphatic rings. The van der Waals surface area contributed by atoms with E-state index in [2.05, 4.69) is 0 Å². The van der Waals surface area contributed by atoms with Gasteiger partial charge < -0.3 is 4.79 Å². The molecule has 19 heavy (non-hydrogen) atoms. The van der Waals surface area contributed by atoms with E-state index in [1.807, 2.05) is 44.9 Å². The van der Waals surface area contributed by atoms with Crippen molar-refractivity contribution in [3.8, 4) is 0 Å². The molecule has 0 spiro atoms. The second kappa shape index (κ2) is 25.4. The maximum atomic E-state index is 10.2. The van der Waals surface area contributed by atoms with Gasteiger partial charge in [0.1, 0.15) is 6.79 Å². The molecule has 0 aliphatic carbocycles. The summed E-state index contributed by atoms with van der Waals surface area (Å²) in [4.78, 5) is 28.4. The Kier molecular flexibility index (Phi) is 35.1. The van der Waals surface area contributed by atoms with Gasteiger partial charge in [-0.1, -0.05) is 36.5 Å². The smallest absolute Gasteiger partial charge is 0.152 e. The van der Waals surface area contributed by atoms with Crippen molar-refractivity contribution in [2.24, 2.45) is 0 Å². The third kappa shape index (κ3) is 47.9. The first-order valence-electron chi connectivity index (χ1n) is 5.43. The van der Waals surface area contributed by atoms with Gasteiger partial charge in [0.25, 0.3) is 0 Å². The SMILES string of the molecule is C=O.CC=CC=CC(C)=O.CC=CC=CC(C)=O.[Ru]. The summed E-state index contributed by atoms with van der Waals surface area (Å²) in [6.45, 7) is 8.87. The number of allylic oxidation sites excluding steroid dienone is 8. The number of hydrogen-bond acceptors (Lipinski definition) is 3. The molecule has 0 aromatic heterocycles. The van der Waals surface area contributed by atoms with Gasteiger partial charge in [-0.3, -0.25) is 9.59 Å². The second-order valence-electron chi connectivity index (χ2n) is 2.99. The molecule has 0 aromatic carbocycles. The fourth-order valence-corrected chi connectivity index (χ4v) is 0.604. The third-order valence-corrected chi connectivity index (χ3v) is 1.27. The molecule has 0 aromatic rings. The van der Waals surface area contributed by atoms with Crippen LogP contribution in [0.5, 0.6) is 0 Å². The van der Waals surface area contributed by atoms with Crippen LogP contribution in [0.25, 0.3) is 0 Å². The monoisotopic (exact) mass is 352 g/mol. The summed E-state index contributed by atoms with van der Waals surface area (Å²) in [6.07, 6.45) is 13.9. The van der Waals surface area contributed by atoms with E-state index < -0.39 is 0 Å². The van der Waals surface area contributed by atoms with Crippen LogP contribution < -0.4 is 0 Å². The van der Waals surface area contributed by atoms with Crippen LogP contribution in [0.15, 0.2) is 48.6 Å². The average Bonchev–Trinajstić information content (AvgIpc) is 2.32. The van der Waals surface area contributed by atoms with Crippen LogP contribution in [-0.2, 0) is 33.9 Å². The molecule has 0 bridgehead atoms. The number of hydrogen-bond donors (Lipinski definition) is 0. The van der Waals surface area contributed by atoms with Crippen molar-refractivity contribution in [2.45, 2.75) is 27.7 Å². The molecule has 4 heteroatoms. The zero-order chi connectivity index (χ0) is 14.8. The number of rotatable bonds is 4. The second-order valence-corrected chi connectivity index (χ2v) is 2.99. The molecule has 0 saturated heterocycles. The molecule has 0 saturated carbocycles. The summed E-state index contributed by atoms with van der Waals surface area (Å²) in [5, 5.41) is 0. The van der Waals surface area contributed by atoms with E-state index >= 15 is 0 Å². The molecule has 0 heterocycles. The topological polar surface area (TPSA) is 51.2 Å². The summed E-state index contributed by atoms with van der Waals surface area (Å²) in [6, 6.07) is 0. The molecule has 3 nitrogen and oxygen atoms in total. The van der Waals surface area contributed by atoms with Crippen LogP contribution in [-0.4, -0.2) is 18.4 Å². The Hall–Kier alpha value is -1.41. The molecule has 0 atom stereocenters. The maximum absolute atomic E-state index is 10.2. The quantitative estimate of drug-likeness (QED) is 0.444. The molecule has 0 rings (SSSR count). The van der Waals surface area contributed by atoms with Gasteiger partial charge in [0, 0.05) is 19.5 Å². The van der Waals surface area contributed by atoms with Gasteiger partial charge in [-0.25, -0.2) is 0 Å². The average molecular weight is 351 g/mol. The van der Waals surface area contributed by atoms with E-state index in [9.17, 15) is 9.59 Å². The van der Waals surface area contributed by atoms with E-state index in [1.54, 1.807) is 12.2 Å². The molecule has 0 radical (unpaired) electrons. The van der Waals surface area contributed by atoms with Crippen molar-refractivity contribution < 1.29 is 33.9 Å². The number of carbonyl (C=O) groups is 3. The molecular formula is C15H22O3Ru. The molecule has 0 aliphatic heterocycles. The van der Waals surface area contributed by atoms with Gasteiger partial charge in [0.2, 0.25) is 0 Å². The zero-order valence-corrected chi connectivity index (χ0v) is 13.6. The number of ketones is 2. The molecule has 0 N–H and O–H groups in total. The molecule has 0 fully saturated rings. The minimum atomic E-state index is 0. The standard InChI is InChI=1S/2C7H10O.CH2O.Ru/c2*1-3-4-5-6-7(2)8;1-2;/h2*3-6H,1-2H3;1H2;. The summed E-state index contributed by atoms with van der Waals surface area (Å²) in [7, 11) is 0. The molecule has 108 valence electrons. The third-order valence-electron chi connectivity index (χ3n) is 1.27. The van der Waals surface area contributed by atoms with E-state index in [-0.39, 0.29) is 31.0 Å². The fraction of sp³-hybridized carbons (Fsp3) is 0.267.